The van der Waals surface area contributed by atoms with Gasteiger partial charge in [0.1, 0.15) is 6.10 Å². The van der Waals surface area contributed by atoms with Crippen LogP contribution in [0.4, 0.5) is 0 Å². The first-order valence-corrected chi connectivity index (χ1v) is 8.48. The van der Waals surface area contributed by atoms with Crippen molar-refractivity contribution in [2.24, 2.45) is 0 Å². The van der Waals surface area contributed by atoms with Crippen LogP contribution in [-0.2, 0) is 23.8 Å². The number of hydrogen-bond acceptors (Lipinski definition) is 5. The Bertz CT molecular complexity index is 291. The van der Waals surface area contributed by atoms with Gasteiger partial charge in [0.25, 0.3) is 0 Å². The van der Waals surface area contributed by atoms with Gasteiger partial charge in [0.2, 0.25) is 0 Å². The molecule has 130 valence electrons. The summed E-state index contributed by atoms with van der Waals surface area (Å²) in [6.07, 6.45) is 7.31. The first-order chi connectivity index (χ1) is 10.6. The zero-order valence-electron chi connectivity index (χ0n) is 14.4. The first-order valence-electron chi connectivity index (χ1n) is 8.48. The Morgan fingerprint density at radius 2 is 1.59 bits per heavy atom. The summed E-state index contributed by atoms with van der Waals surface area (Å²) in [5.41, 5.74) is 0. The van der Waals surface area contributed by atoms with Gasteiger partial charge in [-0.25, -0.2) is 0 Å². The molecule has 0 aromatic rings. The fraction of sp³-hybridized carbons (Fsp3) is 0.882. The summed E-state index contributed by atoms with van der Waals surface area (Å²) in [6, 6.07) is 0. The highest BCUT2D eigenvalue weighted by Gasteiger charge is 2.15. The summed E-state index contributed by atoms with van der Waals surface area (Å²) in [4.78, 5) is 23.1. The molecule has 0 N–H and O–H groups in total. The number of carbonyl (C=O) groups is 2. The zero-order valence-corrected chi connectivity index (χ0v) is 14.4. The third kappa shape index (κ3) is 12.6. The number of unbranched alkanes of at least 4 members (excludes halogenated alkanes) is 3. The van der Waals surface area contributed by atoms with E-state index >= 15 is 0 Å². The molecule has 0 radical (unpaired) electrons. The largest absolute Gasteiger partial charge is 0.466 e. The second kappa shape index (κ2) is 14.8. The van der Waals surface area contributed by atoms with E-state index in [2.05, 4.69) is 6.92 Å². The predicted molar refractivity (Wildman–Crippen MR) is 85.6 cm³/mol. The van der Waals surface area contributed by atoms with Crippen molar-refractivity contribution >= 4 is 11.9 Å². The van der Waals surface area contributed by atoms with Gasteiger partial charge >= 0.3 is 11.9 Å². The van der Waals surface area contributed by atoms with Crippen LogP contribution in [0.5, 0.6) is 0 Å². The minimum Gasteiger partial charge on any atom is -0.466 e. The fourth-order valence-electron chi connectivity index (χ4n) is 2.20. The summed E-state index contributed by atoms with van der Waals surface area (Å²) in [5.74, 6) is -0.663. The van der Waals surface area contributed by atoms with Gasteiger partial charge in [0.05, 0.1) is 19.4 Å². The lowest BCUT2D eigenvalue weighted by Crippen LogP contribution is -2.20. The average molecular weight is 316 g/mol. The van der Waals surface area contributed by atoms with E-state index in [1.807, 2.05) is 0 Å². The number of rotatable bonds is 14. The molecule has 5 heteroatoms. The normalized spacial score (nSPS) is 12.0. The number of hydrogen-bond donors (Lipinski definition) is 0. The molecule has 0 saturated heterocycles. The van der Waals surface area contributed by atoms with Crippen LogP contribution >= 0.6 is 0 Å². The Hall–Kier alpha value is -1.10. The summed E-state index contributed by atoms with van der Waals surface area (Å²) in [5, 5.41) is 0. The van der Waals surface area contributed by atoms with Gasteiger partial charge in [-0.05, 0) is 32.6 Å². The van der Waals surface area contributed by atoms with Crippen LogP contribution in [0.15, 0.2) is 0 Å². The maximum absolute atomic E-state index is 11.8. The Labute approximate surface area is 134 Å². The fourth-order valence-corrected chi connectivity index (χ4v) is 2.20. The maximum atomic E-state index is 11.8. The van der Waals surface area contributed by atoms with Crippen molar-refractivity contribution in [1.29, 1.82) is 0 Å². The third-order valence-corrected chi connectivity index (χ3v) is 3.39. The molecule has 0 spiro atoms. The highest BCUT2D eigenvalue weighted by molar-refractivity contribution is 5.77. The second-order valence-corrected chi connectivity index (χ2v) is 5.40. The molecule has 0 aromatic heterocycles. The molecule has 0 bridgehead atoms. The summed E-state index contributed by atoms with van der Waals surface area (Å²) >= 11 is 0. The molecule has 1 atom stereocenters. The second-order valence-electron chi connectivity index (χ2n) is 5.40. The van der Waals surface area contributed by atoms with Crippen molar-refractivity contribution in [3.05, 3.63) is 0 Å². The Morgan fingerprint density at radius 3 is 2.23 bits per heavy atom. The molecule has 0 aliphatic carbocycles. The molecule has 0 aliphatic rings. The van der Waals surface area contributed by atoms with Crippen LogP contribution in [0.1, 0.15) is 71.6 Å². The highest BCUT2D eigenvalue weighted by Crippen LogP contribution is 2.14. The standard InChI is InChI=1S/C17H32O5/c1-4-6-7-8-10-15(11-9-14-20-3)22-17(19)13-12-16(18)21-5-2/h15H,4-14H2,1-3H3. The predicted octanol–water partition coefficient (Wildman–Crippen LogP) is 3.64. The maximum Gasteiger partial charge on any atom is 0.306 e. The van der Waals surface area contributed by atoms with E-state index < -0.39 is 0 Å². The summed E-state index contributed by atoms with van der Waals surface area (Å²) in [6.45, 7) is 4.93. The van der Waals surface area contributed by atoms with Crippen LogP contribution in [0, 0.1) is 0 Å². The van der Waals surface area contributed by atoms with Crippen LogP contribution in [0.25, 0.3) is 0 Å². The van der Waals surface area contributed by atoms with Crippen molar-refractivity contribution in [3.63, 3.8) is 0 Å². The monoisotopic (exact) mass is 316 g/mol. The molecule has 1 unspecified atom stereocenters. The van der Waals surface area contributed by atoms with Gasteiger partial charge in [0, 0.05) is 13.7 Å². The quantitative estimate of drug-likeness (QED) is 0.362. The van der Waals surface area contributed by atoms with Gasteiger partial charge in [-0.3, -0.25) is 9.59 Å². The van der Waals surface area contributed by atoms with Gasteiger partial charge in [0.15, 0.2) is 0 Å². The molecule has 0 amide bonds. The lowest BCUT2D eigenvalue weighted by Gasteiger charge is -2.18. The molecular formula is C17H32O5. The molecule has 0 heterocycles. The minimum atomic E-state index is -0.349. The number of carbonyl (C=O) groups excluding carboxylic acids is 2. The van der Waals surface area contributed by atoms with Crippen LogP contribution in [0.3, 0.4) is 0 Å². The molecule has 0 aromatic carbocycles. The van der Waals surface area contributed by atoms with Gasteiger partial charge < -0.3 is 14.2 Å². The number of esters is 2. The lowest BCUT2D eigenvalue weighted by atomic mass is 10.1. The topological polar surface area (TPSA) is 61.8 Å². The Morgan fingerprint density at radius 1 is 0.909 bits per heavy atom. The van der Waals surface area contributed by atoms with Crippen LogP contribution < -0.4 is 0 Å². The Balaban J connectivity index is 4.06. The average Bonchev–Trinajstić information content (AvgIpc) is 2.50. The molecule has 0 saturated carbocycles. The van der Waals surface area contributed by atoms with E-state index in [-0.39, 0.29) is 30.9 Å². The molecular weight excluding hydrogens is 284 g/mol. The molecule has 22 heavy (non-hydrogen) atoms. The van der Waals surface area contributed by atoms with E-state index in [0.29, 0.717) is 13.2 Å². The van der Waals surface area contributed by atoms with Crippen LogP contribution in [0.2, 0.25) is 0 Å². The smallest absolute Gasteiger partial charge is 0.306 e. The van der Waals surface area contributed by atoms with Crippen LogP contribution in [-0.4, -0.2) is 38.4 Å². The lowest BCUT2D eigenvalue weighted by molar-refractivity contribution is -0.154. The van der Waals surface area contributed by atoms with Crippen molar-refractivity contribution in [1.82, 2.24) is 0 Å². The van der Waals surface area contributed by atoms with E-state index in [1.165, 1.54) is 12.8 Å². The molecule has 5 nitrogen and oxygen atoms in total. The zero-order chi connectivity index (χ0) is 16.6. The Kier molecular flexibility index (Phi) is 14.1. The van der Waals surface area contributed by atoms with E-state index in [0.717, 1.165) is 32.1 Å². The SMILES string of the molecule is CCCCCCC(CCCOC)OC(=O)CCC(=O)OCC. The summed E-state index contributed by atoms with van der Waals surface area (Å²) < 4.78 is 15.4. The van der Waals surface area contributed by atoms with Gasteiger partial charge in [-0.15, -0.1) is 0 Å². The van der Waals surface area contributed by atoms with E-state index in [4.69, 9.17) is 14.2 Å². The minimum absolute atomic E-state index is 0.0679. The number of methoxy groups -OCH3 is 1. The first kappa shape index (κ1) is 20.9. The van der Waals surface area contributed by atoms with E-state index in [9.17, 15) is 9.59 Å². The molecule has 0 fully saturated rings. The van der Waals surface area contributed by atoms with Gasteiger partial charge in [-0.2, -0.15) is 0 Å². The van der Waals surface area contributed by atoms with E-state index in [1.54, 1.807) is 14.0 Å². The number of ether oxygens (including phenoxy) is 3. The van der Waals surface area contributed by atoms with Crippen molar-refractivity contribution < 1.29 is 23.8 Å². The van der Waals surface area contributed by atoms with Crippen molar-refractivity contribution in [2.45, 2.75) is 77.7 Å². The highest BCUT2D eigenvalue weighted by atomic mass is 16.5. The molecule has 0 rings (SSSR count). The summed E-state index contributed by atoms with van der Waals surface area (Å²) in [7, 11) is 1.67. The van der Waals surface area contributed by atoms with Crippen molar-refractivity contribution in [2.75, 3.05) is 20.3 Å². The van der Waals surface area contributed by atoms with Gasteiger partial charge in [-0.1, -0.05) is 26.2 Å². The molecule has 0 aliphatic heterocycles. The third-order valence-electron chi connectivity index (χ3n) is 3.39. The van der Waals surface area contributed by atoms with Crippen molar-refractivity contribution in [3.8, 4) is 0 Å².